The zero-order chi connectivity index (χ0) is 7.56. The van der Waals surface area contributed by atoms with Crippen molar-refractivity contribution in [2.45, 2.75) is 18.9 Å². The smallest absolute Gasteiger partial charge is 0.222 e. The predicted octanol–water partition coefficient (Wildman–Crippen LogP) is -0.235. The standard InChI is InChI=1S/C7H12N2O/c8-6-4-2-1-3-5(6)7(9)10/h1-2,5-6H,3-4,8H2,(H2,9,10). The highest BCUT2D eigenvalue weighted by Gasteiger charge is 2.23. The number of hydrogen-bond donors (Lipinski definition) is 2. The molecule has 2 atom stereocenters. The number of carbonyl (C=O) groups excluding carboxylic acids is 1. The fourth-order valence-electron chi connectivity index (χ4n) is 1.16. The van der Waals surface area contributed by atoms with Crippen LogP contribution in [0.3, 0.4) is 0 Å². The van der Waals surface area contributed by atoms with Gasteiger partial charge in [0.15, 0.2) is 0 Å². The van der Waals surface area contributed by atoms with Crippen LogP contribution in [0.4, 0.5) is 0 Å². The van der Waals surface area contributed by atoms with Crippen LogP contribution in [0.15, 0.2) is 12.2 Å². The summed E-state index contributed by atoms with van der Waals surface area (Å²) in [6, 6.07) is -0.0671. The molecule has 3 nitrogen and oxygen atoms in total. The van der Waals surface area contributed by atoms with Crippen LogP contribution < -0.4 is 11.5 Å². The summed E-state index contributed by atoms with van der Waals surface area (Å²) in [5, 5.41) is 0. The van der Waals surface area contributed by atoms with Gasteiger partial charge in [-0.1, -0.05) is 12.2 Å². The van der Waals surface area contributed by atoms with Crippen molar-refractivity contribution in [3.63, 3.8) is 0 Å². The second-order valence-electron chi connectivity index (χ2n) is 2.62. The third kappa shape index (κ3) is 1.36. The predicted molar refractivity (Wildman–Crippen MR) is 39.0 cm³/mol. The first-order valence-electron chi connectivity index (χ1n) is 3.41. The summed E-state index contributed by atoms with van der Waals surface area (Å²) >= 11 is 0. The molecule has 0 aromatic carbocycles. The van der Waals surface area contributed by atoms with Crippen LogP contribution >= 0.6 is 0 Å². The van der Waals surface area contributed by atoms with Gasteiger partial charge in [0.2, 0.25) is 5.91 Å². The Labute approximate surface area is 60.1 Å². The average Bonchev–Trinajstić information content (AvgIpc) is 1.88. The SMILES string of the molecule is NC(=O)C1CC=CCC1N. The van der Waals surface area contributed by atoms with Crippen LogP contribution in [-0.2, 0) is 4.79 Å². The van der Waals surface area contributed by atoms with Crippen LogP contribution in [0, 0.1) is 5.92 Å². The molecular weight excluding hydrogens is 128 g/mol. The number of hydrogen-bond acceptors (Lipinski definition) is 2. The van der Waals surface area contributed by atoms with E-state index in [1.54, 1.807) is 0 Å². The summed E-state index contributed by atoms with van der Waals surface area (Å²) in [6.07, 6.45) is 5.42. The quantitative estimate of drug-likeness (QED) is 0.494. The Morgan fingerprint density at radius 1 is 1.40 bits per heavy atom. The van der Waals surface area contributed by atoms with Gasteiger partial charge in [-0.3, -0.25) is 4.79 Å². The van der Waals surface area contributed by atoms with Crippen molar-refractivity contribution in [3.8, 4) is 0 Å². The Balaban J connectivity index is 2.59. The Kier molecular flexibility index (Phi) is 2.06. The fourth-order valence-corrected chi connectivity index (χ4v) is 1.16. The Bertz CT molecular complexity index is 165. The number of amides is 1. The Morgan fingerprint density at radius 2 is 2.00 bits per heavy atom. The first-order valence-corrected chi connectivity index (χ1v) is 3.41. The van der Waals surface area contributed by atoms with Gasteiger partial charge in [-0.15, -0.1) is 0 Å². The molecule has 0 bridgehead atoms. The van der Waals surface area contributed by atoms with E-state index in [9.17, 15) is 4.79 Å². The van der Waals surface area contributed by atoms with E-state index >= 15 is 0 Å². The van der Waals surface area contributed by atoms with E-state index in [-0.39, 0.29) is 17.9 Å². The Hall–Kier alpha value is -0.830. The molecule has 0 fully saturated rings. The minimum atomic E-state index is -0.281. The van der Waals surface area contributed by atoms with E-state index in [2.05, 4.69) is 0 Å². The maximum Gasteiger partial charge on any atom is 0.222 e. The summed E-state index contributed by atoms with van der Waals surface area (Å²) in [6.45, 7) is 0. The molecule has 0 aromatic heterocycles. The van der Waals surface area contributed by atoms with Crippen molar-refractivity contribution >= 4 is 5.91 Å². The third-order valence-corrected chi connectivity index (χ3v) is 1.85. The van der Waals surface area contributed by atoms with Crippen LogP contribution in [0.2, 0.25) is 0 Å². The van der Waals surface area contributed by atoms with E-state index in [0.717, 1.165) is 6.42 Å². The molecule has 10 heavy (non-hydrogen) atoms. The second kappa shape index (κ2) is 2.84. The molecule has 1 rings (SSSR count). The first kappa shape index (κ1) is 7.28. The monoisotopic (exact) mass is 140 g/mol. The molecule has 3 heteroatoms. The largest absolute Gasteiger partial charge is 0.369 e. The lowest BCUT2D eigenvalue weighted by Crippen LogP contribution is -2.39. The van der Waals surface area contributed by atoms with E-state index in [1.807, 2.05) is 12.2 Å². The van der Waals surface area contributed by atoms with Crippen molar-refractivity contribution in [1.29, 1.82) is 0 Å². The summed E-state index contributed by atoms with van der Waals surface area (Å²) in [7, 11) is 0. The molecule has 0 saturated heterocycles. The van der Waals surface area contributed by atoms with Crippen LogP contribution in [-0.4, -0.2) is 11.9 Å². The molecule has 0 aromatic rings. The van der Waals surface area contributed by atoms with Crippen molar-refractivity contribution in [2.24, 2.45) is 17.4 Å². The molecule has 1 aliphatic carbocycles. The molecule has 2 unspecified atom stereocenters. The summed E-state index contributed by atoms with van der Waals surface area (Å²) in [4.78, 5) is 10.7. The lowest BCUT2D eigenvalue weighted by Gasteiger charge is -2.21. The summed E-state index contributed by atoms with van der Waals surface area (Å²) in [5.74, 6) is -0.429. The number of carbonyl (C=O) groups is 1. The van der Waals surface area contributed by atoms with Gasteiger partial charge < -0.3 is 11.5 Å². The topological polar surface area (TPSA) is 69.1 Å². The molecular formula is C7H12N2O. The van der Waals surface area contributed by atoms with Gasteiger partial charge >= 0.3 is 0 Å². The molecule has 56 valence electrons. The van der Waals surface area contributed by atoms with Gasteiger partial charge in [0, 0.05) is 6.04 Å². The van der Waals surface area contributed by atoms with E-state index < -0.39 is 0 Å². The molecule has 0 spiro atoms. The molecule has 1 amide bonds. The molecule has 0 aliphatic heterocycles. The summed E-state index contributed by atoms with van der Waals surface area (Å²) < 4.78 is 0. The molecule has 0 heterocycles. The van der Waals surface area contributed by atoms with E-state index in [0.29, 0.717) is 6.42 Å². The third-order valence-electron chi connectivity index (χ3n) is 1.85. The normalized spacial score (nSPS) is 32.1. The maximum atomic E-state index is 10.7. The highest BCUT2D eigenvalue weighted by molar-refractivity contribution is 5.77. The minimum absolute atomic E-state index is 0.0671. The molecule has 0 radical (unpaired) electrons. The highest BCUT2D eigenvalue weighted by Crippen LogP contribution is 2.16. The van der Waals surface area contributed by atoms with E-state index in [1.165, 1.54) is 0 Å². The van der Waals surface area contributed by atoms with Gasteiger partial charge in [-0.2, -0.15) is 0 Å². The Morgan fingerprint density at radius 3 is 2.40 bits per heavy atom. The molecule has 4 N–H and O–H groups in total. The zero-order valence-electron chi connectivity index (χ0n) is 5.79. The van der Waals surface area contributed by atoms with E-state index in [4.69, 9.17) is 11.5 Å². The number of primary amides is 1. The van der Waals surface area contributed by atoms with Gasteiger partial charge in [0.05, 0.1) is 5.92 Å². The molecule has 1 aliphatic rings. The van der Waals surface area contributed by atoms with Crippen molar-refractivity contribution in [2.75, 3.05) is 0 Å². The first-order chi connectivity index (χ1) is 4.72. The lowest BCUT2D eigenvalue weighted by atomic mass is 9.89. The van der Waals surface area contributed by atoms with Crippen molar-refractivity contribution in [3.05, 3.63) is 12.2 Å². The lowest BCUT2D eigenvalue weighted by molar-refractivity contribution is -0.122. The number of rotatable bonds is 1. The van der Waals surface area contributed by atoms with Crippen molar-refractivity contribution < 1.29 is 4.79 Å². The number of nitrogens with two attached hydrogens (primary N) is 2. The van der Waals surface area contributed by atoms with Gasteiger partial charge in [0.1, 0.15) is 0 Å². The number of allylic oxidation sites excluding steroid dienone is 1. The van der Waals surface area contributed by atoms with Gasteiger partial charge in [-0.05, 0) is 12.8 Å². The van der Waals surface area contributed by atoms with Crippen LogP contribution in [0.25, 0.3) is 0 Å². The average molecular weight is 140 g/mol. The maximum absolute atomic E-state index is 10.7. The van der Waals surface area contributed by atoms with Crippen LogP contribution in [0.1, 0.15) is 12.8 Å². The summed E-state index contributed by atoms with van der Waals surface area (Å²) in [5.41, 5.74) is 10.7. The second-order valence-corrected chi connectivity index (χ2v) is 2.62. The van der Waals surface area contributed by atoms with Gasteiger partial charge in [0.25, 0.3) is 0 Å². The molecule has 0 saturated carbocycles. The van der Waals surface area contributed by atoms with Crippen molar-refractivity contribution in [1.82, 2.24) is 0 Å². The van der Waals surface area contributed by atoms with Crippen LogP contribution in [0.5, 0.6) is 0 Å². The highest BCUT2D eigenvalue weighted by atomic mass is 16.1. The van der Waals surface area contributed by atoms with Gasteiger partial charge in [-0.25, -0.2) is 0 Å². The zero-order valence-corrected chi connectivity index (χ0v) is 5.79. The fraction of sp³-hybridized carbons (Fsp3) is 0.571. The minimum Gasteiger partial charge on any atom is -0.369 e.